The van der Waals surface area contributed by atoms with Crippen molar-refractivity contribution in [2.24, 2.45) is 0 Å². The summed E-state index contributed by atoms with van der Waals surface area (Å²) in [7, 11) is 0. The van der Waals surface area contributed by atoms with Crippen LogP contribution in [0.5, 0.6) is 5.75 Å². The number of ether oxygens (including phenoxy) is 1. The van der Waals surface area contributed by atoms with Gasteiger partial charge in [-0.15, -0.1) is 11.3 Å². The standard InChI is InChI=1S/C13H13NO3S/c14-11-4-3-9(8-12(11)15)13(16)17-6-5-10-2-1-7-18-10/h1-4,7-8,15H,5-6,14H2. The molecular formula is C13H13NO3S. The highest BCUT2D eigenvalue weighted by atomic mass is 32.1. The van der Waals surface area contributed by atoms with E-state index in [9.17, 15) is 9.90 Å². The zero-order valence-electron chi connectivity index (χ0n) is 9.63. The molecule has 0 radical (unpaired) electrons. The van der Waals surface area contributed by atoms with Gasteiger partial charge in [-0.25, -0.2) is 4.79 Å². The van der Waals surface area contributed by atoms with E-state index in [0.717, 1.165) is 0 Å². The molecule has 94 valence electrons. The van der Waals surface area contributed by atoms with Gasteiger partial charge >= 0.3 is 5.97 Å². The van der Waals surface area contributed by atoms with Crippen molar-refractivity contribution in [2.75, 3.05) is 12.3 Å². The summed E-state index contributed by atoms with van der Waals surface area (Å²) in [5.41, 5.74) is 5.99. The number of benzene rings is 1. The Morgan fingerprint density at radius 1 is 1.39 bits per heavy atom. The molecule has 1 aromatic heterocycles. The number of hydrogen-bond acceptors (Lipinski definition) is 5. The molecule has 0 fully saturated rings. The Morgan fingerprint density at radius 3 is 2.89 bits per heavy atom. The summed E-state index contributed by atoms with van der Waals surface area (Å²) < 4.78 is 5.11. The molecular weight excluding hydrogens is 250 g/mol. The molecule has 2 rings (SSSR count). The average Bonchev–Trinajstić information content (AvgIpc) is 2.85. The lowest BCUT2D eigenvalue weighted by Crippen LogP contribution is -2.07. The molecule has 0 saturated carbocycles. The minimum Gasteiger partial charge on any atom is -0.506 e. The summed E-state index contributed by atoms with van der Waals surface area (Å²) in [5, 5.41) is 11.4. The van der Waals surface area contributed by atoms with Crippen molar-refractivity contribution in [3.05, 3.63) is 46.2 Å². The van der Waals surface area contributed by atoms with Crippen molar-refractivity contribution in [2.45, 2.75) is 6.42 Å². The van der Waals surface area contributed by atoms with E-state index in [1.165, 1.54) is 23.1 Å². The second-order valence-corrected chi connectivity index (χ2v) is 4.77. The Kier molecular flexibility index (Phi) is 3.84. The lowest BCUT2D eigenvalue weighted by atomic mass is 10.2. The fourth-order valence-electron chi connectivity index (χ4n) is 1.45. The first-order valence-corrected chi connectivity index (χ1v) is 6.33. The van der Waals surface area contributed by atoms with Crippen molar-refractivity contribution < 1.29 is 14.6 Å². The molecule has 0 aliphatic heterocycles. The Morgan fingerprint density at radius 2 is 2.22 bits per heavy atom. The van der Waals surface area contributed by atoms with Gasteiger partial charge in [0.2, 0.25) is 0 Å². The highest BCUT2D eigenvalue weighted by Gasteiger charge is 2.09. The lowest BCUT2D eigenvalue weighted by molar-refractivity contribution is 0.0509. The van der Waals surface area contributed by atoms with Crippen LogP contribution in [0.1, 0.15) is 15.2 Å². The van der Waals surface area contributed by atoms with Crippen LogP contribution >= 0.6 is 11.3 Å². The maximum absolute atomic E-state index is 11.7. The maximum Gasteiger partial charge on any atom is 0.338 e. The van der Waals surface area contributed by atoms with Crippen LogP contribution in [0.15, 0.2) is 35.7 Å². The van der Waals surface area contributed by atoms with Crippen LogP contribution in [0.3, 0.4) is 0 Å². The second-order valence-electron chi connectivity index (χ2n) is 3.74. The molecule has 4 nitrogen and oxygen atoms in total. The van der Waals surface area contributed by atoms with Crippen molar-refractivity contribution in [1.29, 1.82) is 0 Å². The minimum atomic E-state index is -0.457. The smallest absolute Gasteiger partial charge is 0.338 e. The number of esters is 1. The number of rotatable bonds is 4. The number of aromatic hydroxyl groups is 1. The number of carbonyl (C=O) groups is 1. The van der Waals surface area contributed by atoms with Crippen LogP contribution in [-0.2, 0) is 11.2 Å². The minimum absolute atomic E-state index is 0.109. The Bertz CT molecular complexity index is 537. The monoisotopic (exact) mass is 263 g/mol. The first-order valence-electron chi connectivity index (χ1n) is 5.45. The van der Waals surface area contributed by atoms with Gasteiger partial charge in [-0.05, 0) is 29.6 Å². The zero-order valence-corrected chi connectivity index (χ0v) is 10.4. The van der Waals surface area contributed by atoms with E-state index < -0.39 is 5.97 Å². The quantitative estimate of drug-likeness (QED) is 0.505. The topological polar surface area (TPSA) is 72.6 Å². The molecule has 0 spiro atoms. The number of thiophene rings is 1. The fourth-order valence-corrected chi connectivity index (χ4v) is 2.14. The van der Waals surface area contributed by atoms with E-state index in [2.05, 4.69) is 0 Å². The number of hydrogen-bond donors (Lipinski definition) is 2. The van der Waals surface area contributed by atoms with Crippen LogP contribution in [0.4, 0.5) is 5.69 Å². The van der Waals surface area contributed by atoms with Gasteiger partial charge in [-0.2, -0.15) is 0 Å². The highest BCUT2D eigenvalue weighted by Crippen LogP contribution is 2.21. The normalized spacial score (nSPS) is 10.2. The van der Waals surface area contributed by atoms with Crippen LogP contribution in [-0.4, -0.2) is 17.7 Å². The Labute approximate surface area is 109 Å². The third kappa shape index (κ3) is 3.01. The first kappa shape index (κ1) is 12.4. The van der Waals surface area contributed by atoms with Gasteiger partial charge in [0.05, 0.1) is 17.9 Å². The van der Waals surface area contributed by atoms with E-state index in [-0.39, 0.29) is 11.4 Å². The molecule has 1 aromatic carbocycles. The SMILES string of the molecule is Nc1ccc(C(=O)OCCc2cccs2)cc1O. The van der Waals surface area contributed by atoms with E-state index in [1.54, 1.807) is 11.3 Å². The molecule has 0 atom stereocenters. The molecule has 0 bridgehead atoms. The van der Waals surface area contributed by atoms with Gasteiger partial charge in [0, 0.05) is 11.3 Å². The third-order valence-electron chi connectivity index (χ3n) is 2.43. The van der Waals surface area contributed by atoms with Gasteiger partial charge in [0.25, 0.3) is 0 Å². The largest absolute Gasteiger partial charge is 0.506 e. The van der Waals surface area contributed by atoms with Crippen molar-refractivity contribution in [1.82, 2.24) is 0 Å². The molecule has 3 N–H and O–H groups in total. The summed E-state index contributed by atoms with van der Waals surface area (Å²) in [4.78, 5) is 12.8. The molecule has 5 heteroatoms. The maximum atomic E-state index is 11.7. The van der Waals surface area contributed by atoms with E-state index >= 15 is 0 Å². The van der Waals surface area contributed by atoms with Gasteiger partial charge in [-0.3, -0.25) is 0 Å². The van der Waals surface area contributed by atoms with Crippen molar-refractivity contribution >= 4 is 23.0 Å². The van der Waals surface area contributed by atoms with Crippen LogP contribution in [0.2, 0.25) is 0 Å². The summed E-state index contributed by atoms with van der Waals surface area (Å²) in [6.45, 7) is 0.324. The Hall–Kier alpha value is -2.01. The molecule has 0 unspecified atom stereocenters. The number of anilines is 1. The van der Waals surface area contributed by atoms with Gasteiger partial charge in [-0.1, -0.05) is 6.07 Å². The van der Waals surface area contributed by atoms with Crippen LogP contribution < -0.4 is 5.73 Å². The molecule has 1 heterocycles. The number of carbonyl (C=O) groups excluding carboxylic acids is 1. The number of phenolic OH excluding ortho intramolecular Hbond substituents is 1. The molecule has 18 heavy (non-hydrogen) atoms. The molecule has 2 aromatic rings. The highest BCUT2D eigenvalue weighted by molar-refractivity contribution is 7.09. The average molecular weight is 263 g/mol. The lowest BCUT2D eigenvalue weighted by Gasteiger charge is -2.05. The predicted octanol–water partition coefficient (Wildman–Crippen LogP) is 2.44. The van der Waals surface area contributed by atoms with Gasteiger partial charge in [0.1, 0.15) is 5.75 Å². The van der Waals surface area contributed by atoms with Crippen LogP contribution in [0, 0.1) is 0 Å². The van der Waals surface area contributed by atoms with Gasteiger partial charge < -0.3 is 15.6 Å². The van der Waals surface area contributed by atoms with E-state index in [0.29, 0.717) is 18.6 Å². The Balaban J connectivity index is 1.89. The third-order valence-corrected chi connectivity index (χ3v) is 3.36. The second kappa shape index (κ2) is 5.55. The van der Waals surface area contributed by atoms with E-state index in [1.807, 2.05) is 17.5 Å². The predicted molar refractivity (Wildman–Crippen MR) is 70.8 cm³/mol. The summed E-state index contributed by atoms with van der Waals surface area (Å²) in [5.74, 6) is -0.565. The summed E-state index contributed by atoms with van der Waals surface area (Å²) >= 11 is 1.63. The first-order chi connectivity index (χ1) is 8.66. The zero-order chi connectivity index (χ0) is 13.0. The number of phenols is 1. The van der Waals surface area contributed by atoms with Crippen molar-refractivity contribution in [3.63, 3.8) is 0 Å². The molecule has 0 aliphatic rings. The fraction of sp³-hybridized carbons (Fsp3) is 0.154. The summed E-state index contributed by atoms with van der Waals surface area (Å²) in [6, 6.07) is 8.27. The van der Waals surface area contributed by atoms with E-state index in [4.69, 9.17) is 10.5 Å². The van der Waals surface area contributed by atoms with Crippen molar-refractivity contribution in [3.8, 4) is 5.75 Å². The molecule has 0 aliphatic carbocycles. The summed E-state index contributed by atoms with van der Waals surface area (Å²) in [6.07, 6.45) is 0.699. The van der Waals surface area contributed by atoms with Gasteiger partial charge in [0.15, 0.2) is 0 Å². The molecule has 0 saturated heterocycles. The number of nitrogen functional groups attached to an aromatic ring is 1. The molecule has 0 amide bonds. The van der Waals surface area contributed by atoms with Crippen LogP contribution in [0.25, 0.3) is 0 Å². The number of nitrogens with two attached hydrogens (primary N) is 1.